The highest BCUT2D eigenvalue weighted by atomic mass is 16.5. The molecule has 1 saturated carbocycles. The number of nitrogens with zero attached hydrogens (tertiary/aromatic N) is 2. The predicted octanol–water partition coefficient (Wildman–Crippen LogP) is 4.47. The molecule has 6 nitrogen and oxygen atoms in total. The average molecular weight is 388 g/mol. The van der Waals surface area contributed by atoms with Gasteiger partial charge in [-0.05, 0) is 73.2 Å². The third kappa shape index (κ3) is 2.87. The number of aryl methyl sites for hydroxylation is 2. The highest BCUT2D eigenvalue weighted by molar-refractivity contribution is 5.55. The number of nitrogen functional groups attached to an aromatic ring is 2. The van der Waals surface area contributed by atoms with E-state index in [-0.39, 0.29) is 6.10 Å². The van der Waals surface area contributed by atoms with Crippen LogP contribution in [-0.2, 0) is 0 Å². The Balaban J connectivity index is 1.44. The van der Waals surface area contributed by atoms with Crippen molar-refractivity contribution in [3.8, 4) is 17.2 Å². The predicted molar refractivity (Wildman–Crippen MR) is 112 cm³/mol. The molecule has 3 aromatic rings. The standard InChI is InChI=1S/C23H24N4O2/c1-12-7-9-26-22(24)19(12)28-14-3-4-15-16-5-6-17(18(15)11-14)21(16)29-20-13(2)8-10-27-23(20)25/h3-4,7-11,16-17,21H,5-6H2,1-2H3,(H2,24,26)(H2,25,27). The van der Waals surface area contributed by atoms with E-state index in [4.69, 9.17) is 20.9 Å². The van der Waals surface area contributed by atoms with Crippen LogP contribution in [0, 0.1) is 13.8 Å². The van der Waals surface area contributed by atoms with E-state index < -0.39 is 0 Å². The van der Waals surface area contributed by atoms with E-state index in [1.807, 2.05) is 32.0 Å². The Morgan fingerprint density at radius 1 is 0.828 bits per heavy atom. The molecule has 3 atom stereocenters. The van der Waals surface area contributed by atoms with E-state index in [9.17, 15) is 0 Å². The van der Waals surface area contributed by atoms with Crippen molar-refractivity contribution in [2.45, 2.75) is 44.6 Å². The van der Waals surface area contributed by atoms with E-state index in [1.54, 1.807) is 12.4 Å². The molecule has 0 saturated heterocycles. The highest BCUT2D eigenvalue weighted by Gasteiger charge is 2.48. The number of ether oxygens (including phenoxy) is 2. The zero-order valence-corrected chi connectivity index (χ0v) is 16.6. The fourth-order valence-electron chi connectivity index (χ4n) is 4.74. The summed E-state index contributed by atoms with van der Waals surface area (Å²) in [6.07, 6.45) is 5.70. The van der Waals surface area contributed by atoms with Crippen LogP contribution in [0.1, 0.15) is 46.9 Å². The largest absolute Gasteiger partial charge is 0.485 e. The quantitative estimate of drug-likeness (QED) is 0.684. The van der Waals surface area contributed by atoms with Gasteiger partial charge in [-0.3, -0.25) is 0 Å². The van der Waals surface area contributed by atoms with Gasteiger partial charge in [0.25, 0.3) is 0 Å². The molecule has 5 rings (SSSR count). The van der Waals surface area contributed by atoms with Crippen molar-refractivity contribution in [1.29, 1.82) is 0 Å². The zero-order chi connectivity index (χ0) is 20.1. The lowest BCUT2D eigenvalue weighted by molar-refractivity contribution is 0.185. The van der Waals surface area contributed by atoms with Crippen LogP contribution in [0.25, 0.3) is 0 Å². The summed E-state index contributed by atoms with van der Waals surface area (Å²) in [5.74, 6) is 3.63. The molecule has 4 N–H and O–H groups in total. The Morgan fingerprint density at radius 3 is 2.10 bits per heavy atom. The fourth-order valence-corrected chi connectivity index (χ4v) is 4.74. The molecule has 2 bridgehead atoms. The average Bonchev–Trinajstić information content (AvgIpc) is 3.23. The van der Waals surface area contributed by atoms with Crippen LogP contribution in [0.15, 0.2) is 42.7 Å². The molecular weight excluding hydrogens is 364 g/mol. The van der Waals surface area contributed by atoms with Gasteiger partial charge in [-0.25, -0.2) is 9.97 Å². The first-order chi connectivity index (χ1) is 14.0. The van der Waals surface area contributed by atoms with Crippen LogP contribution in [0.2, 0.25) is 0 Å². The monoisotopic (exact) mass is 388 g/mol. The Labute approximate surface area is 169 Å². The number of aromatic nitrogens is 2. The second kappa shape index (κ2) is 6.65. The van der Waals surface area contributed by atoms with E-state index >= 15 is 0 Å². The molecule has 3 unspecified atom stereocenters. The number of fused-ring (bicyclic) bond motifs is 5. The smallest absolute Gasteiger partial charge is 0.172 e. The second-order valence-electron chi connectivity index (χ2n) is 7.95. The number of benzene rings is 1. The van der Waals surface area contributed by atoms with Crippen molar-refractivity contribution in [3.05, 3.63) is 65.0 Å². The van der Waals surface area contributed by atoms with Gasteiger partial charge >= 0.3 is 0 Å². The topological polar surface area (TPSA) is 96.3 Å². The Kier molecular flexibility index (Phi) is 4.08. The molecule has 0 radical (unpaired) electrons. The summed E-state index contributed by atoms with van der Waals surface area (Å²) in [5.41, 5.74) is 16.7. The van der Waals surface area contributed by atoms with Gasteiger partial charge in [0.15, 0.2) is 23.1 Å². The van der Waals surface area contributed by atoms with E-state index in [2.05, 4.69) is 22.1 Å². The van der Waals surface area contributed by atoms with Crippen molar-refractivity contribution >= 4 is 11.6 Å². The number of anilines is 2. The van der Waals surface area contributed by atoms with Gasteiger partial charge in [-0.1, -0.05) is 6.07 Å². The molecule has 0 spiro atoms. The van der Waals surface area contributed by atoms with Crippen LogP contribution >= 0.6 is 0 Å². The Morgan fingerprint density at radius 2 is 1.45 bits per heavy atom. The molecule has 6 heteroatoms. The molecule has 0 amide bonds. The van der Waals surface area contributed by atoms with Crippen molar-refractivity contribution in [3.63, 3.8) is 0 Å². The zero-order valence-electron chi connectivity index (χ0n) is 16.6. The van der Waals surface area contributed by atoms with E-state index in [0.29, 0.717) is 35.0 Å². The van der Waals surface area contributed by atoms with Crippen LogP contribution in [0.3, 0.4) is 0 Å². The van der Waals surface area contributed by atoms with Gasteiger partial charge in [0.1, 0.15) is 11.9 Å². The third-order valence-electron chi connectivity index (χ3n) is 6.17. The van der Waals surface area contributed by atoms with Crippen molar-refractivity contribution in [1.82, 2.24) is 9.97 Å². The summed E-state index contributed by atoms with van der Waals surface area (Å²) in [4.78, 5) is 8.33. The molecule has 2 aromatic heterocycles. The maximum atomic E-state index is 6.44. The molecule has 0 aliphatic heterocycles. The maximum Gasteiger partial charge on any atom is 0.172 e. The van der Waals surface area contributed by atoms with Gasteiger partial charge in [0, 0.05) is 24.2 Å². The molecule has 148 valence electrons. The molecule has 2 aliphatic carbocycles. The minimum Gasteiger partial charge on any atom is -0.485 e. The number of hydrogen-bond donors (Lipinski definition) is 2. The van der Waals surface area contributed by atoms with Crippen molar-refractivity contribution < 1.29 is 9.47 Å². The summed E-state index contributed by atoms with van der Waals surface area (Å²) in [6.45, 7) is 3.97. The lowest BCUT2D eigenvalue weighted by Gasteiger charge is -2.20. The van der Waals surface area contributed by atoms with Crippen LogP contribution < -0.4 is 20.9 Å². The minimum atomic E-state index is 0.0793. The number of rotatable bonds is 4. The minimum absolute atomic E-state index is 0.0793. The number of nitrogens with two attached hydrogens (primary N) is 2. The van der Waals surface area contributed by atoms with Gasteiger partial charge < -0.3 is 20.9 Å². The Hall–Kier alpha value is -3.28. The summed E-state index contributed by atoms with van der Waals surface area (Å²) >= 11 is 0. The molecule has 29 heavy (non-hydrogen) atoms. The van der Waals surface area contributed by atoms with Crippen LogP contribution in [-0.4, -0.2) is 16.1 Å². The van der Waals surface area contributed by atoms with Crippen LogP contribution in [0.5, 0.6) is 17.2 Å². The number of hydrogen-bond acceptors (Lipinski definition) is 6. The first-order valence-corrected chi connectivity index (χ1v) is 9.93. The summed E-state index contributed by atoms with van der Waals surface area (Å²) in [7, 11) is 0. The molecule has 1 aromatic carbocycles. The maximum absolute atomic E-state index is 6.44. The van der Waals surface area contributed by atoms with Crippen LogP contribution in [0.4, 0.5) is 11.6 Å². The third-order valence-corrected chi connectivity index (χ3v) is 6.17. The van der Waals surface area contributed by atoms with Crippen molar-refractivity contribution in [2.75, 3.05) is 11.5 Å². The van der Waals surface area contributed by atoms with Gasteiger partial charge in [0.2, 0.25) is 0 Å². The lowest BCUT2D eigenvalue weighted by atomic mass is 9.92. The van der Waals surface area contributed by atoms with E-state index in [1.165, 1.54) is 11.1 Å². The van der Waals surface area contributed by atoms with Crippen molar-refractivity contribution in [2.24, 2.45) is 0 Å². The lowest BCUT2D eigenvalue weighted by Crippen LogP contribution is -2.21. The Bertz CT molecular complexity index is 1060. The summed E-state index contributed by atoms with van der Waals surface area (Å²) < 4.78 is 12.6. The summed E-state index contributed by atoms with van der Waals surface area (Å²) in [6, 6.07) is 10.1. The second-order valence-corrected chi connectivity index (χ2v) is 7.95. The molecule has 1 fully saturated rings. The van der Waals surface area contributed by atoms with Gasteiger partial charge in [-0.2, -0.15) is 0 Å². The van der Waals surface area contributed by atoms with E-state index in [0.717, 1.165) is 29.7 Å². The highest BCUT2D eigenvalue weighted by Crippen LogP contribution is 2.55. The molecular formula is C23H24N4O2. The first kappa shape index (κ1) is 17.8. The summed E-state index contributed by atoms with van der Waals surface area (Å²) in [5, 5.41) is 0. The molecule has 2 heterocycles. The first-order valence-electron chi connectivity index (χ1n) is 9.93. The molecule has 2 aliphatic rings. The van der Waals surface area contributed by atoms with Gasteiger partial charge in [-0.15, -0.1) is 0 Å². The van der Waals surface area contributed by atoms with Gasteiger partial charge in [0.05, 0.1) is 0 Å². The fraction of sp³-hybridized carbons (Fsp3) is 0.304. The SMILES string of the molecule is Cc1ccnc(N)c1Oc1ccc2c(c1)C1CCC2C1Oc1c(C)ccnc1N. The normalized spacial score (nSPS) is 21.8. The number of pyridine rings is 2.